The molecule has 2 aromatic carbocycles. The maximum Gasteiger partial charge on any atom is 0.268 e. The minimum Gasteiger partial charge on any atom is -0.347 e. The molecule has 0 fully saturated rings. The second kappa shape index (κ2) is 8.08. The number of nitrogens with zero attached hydrogens (tertiary/aromatic N) is 1. The van der Waals surface area contributed by atoms with Crippen molar-refractivity contribution in [2.45, 2.75) is 20.0 Å². The summed E-state index contributed by atoms with van der Waals surface area (Å²) in [5.74, 6) is -1.50. The first-order valence-electron chi connectivity index (χ1n) is 8.97. The van der Waals surface area contributed by atoms with E-state index in [1.54, 1.807) is 10.6 Å². The molecule has 0 unspecified atom stereocenters. The zero-order valence-corrected chi connectivity index (χ0v) is 17.9. The molecule has 148 valence electrons. The van der Waals surface area contributed by atoms with E-state index in [4.69, 9.17) is 0 Å². The van der Waals surface area contributed by atoms with Crippen LogP contribution in [0.25, 0.3) is 10.2 Å². The molecule has 0 bridgehead atoms. The summed E-state index contributed by atoms with van der Waals surface area (Å²) in [6, 6.07) is 15.1. The quantitative estimate of drug-likeness (QED) is 0.376. The Morgan fingerprint density at radius 3 is 2.72 bits per heavy atom. The number of carbonyl (C=O) groups excluding carboxylic acids is 1. The molecule has 4 aromatic rings. The summed E-state index contributed by atoms with van der Waals surface area (Å²) in [5, 5.41) is 2.94. The fourth-order valence-corrected chi connectivity index (χ4v) is 4.85. The van der Waals surface area contributed by atoms with Crippen LogP contribution in [0.5, 0.6) is 0 Å². The molecule has 0 spiro atoms. The van der Waals surface area contributed by atoms with Crippen molar-refractivity contribution < 1.29 is 13.6 Å². The molecule has 2 heterocycles. The van der Waals surface area contributed by atoms with Crippen molar-refractivity contribution in [3.63, 3.8) is 0 Å². The van der Waals surface area contributed by atoms with Gasteiger partial charge in [-0.1, -0.05) is 35.9 Å². The van der Waals surface area contributed by atoms with Crippen molar-refractivity contribution in [2.75, 3.05) is 0 Å². The van der Waals surface area contributed by atoms with Gasteiger partial charge >= 0.3 is 0 Å². The number of halogens is 3. The van der Waals surface area contributed by atoms with Crippen molar-refractivity contribution in [1.29, 1.82) is 0 Å². The lowest BCUT2D eigenvalue weighted by Crippen LogP contribution is -2.25. The third kappa shape index (κ3) is 4.26. The molecule has 7 heteroatoms. The number of aromatic nitrogens is 1. The second-order valence-electron chi connectivity index (χ2n) is 6.82. The number of hydrogen-bond donors (Lipinski definition) is 1. The Labute approximate surface area is 179 Å². The van der Waals surface area contributed by atoms with Gasteiger partial charge in [0.25, 0.3) is 5.91 Å². The second-order valence-corrected chi connectivity index (χ2v) is 9.29. The topological polar surface area (TPSA) is 34.0 Å². The maximum absolute atomic E-state index is 14.2. The summed E-state index contributed by atoms with van der Waals surface area (Å²) in [6.45, 7) is 2.53. The lowest BCUT2D eigenvalue weighted by Gasteiger charge is -2.12. The van der Waals surface area contributed by atoms with Gasteiger partial charge in [0.2, 0.25) is 0 Å². The van der Waals surface area contributed by atoms with E-state index in [9.17, 15) is 13.6 Å². The molecule has 2 aromatic heterocycles. The molecule has 0 aliphatic rings. The fraction of sp³-hybridized carbons (Fsp3) is 0.136. The molecule has 29 heavy (non-hydrogen) atoms. The molecule has 0 saturated carbocycles. The van der Waals surface area contributed by atoms with E-state index in [0.29, 0.717) is 17.8 Å². The van der Waals surface area contributed by atoms with Crippen molar-refractivity contribution in [2.24, 2.45) is 0 Å². The van der Waals surface area contributed by atoms with E-state index < -0.39 is 11.6 Å². The van der Waals surface area contributed by atoms with Crippen LogP contribution in [-0.2, 0) is 13.1 Å². The van der Waals surface area contributed by atoms with Crippen LogP contribution in [0.2, 0.25) is 0 Å². The molecule has 0 saturated heterocycles. The van der Waals surface area contributed by atoms with Gasteiger partial charge in [-0.25, -0.2) is 8.78 Å². The van der Waals surface area contributed by atoms with Gasteiger partial charge in [0.15, 0.2) is 0 Å². The van der Waals surface area contributed by atoms with Crippen LogP contribution in [0.4, 0.5) is 8.78 Å². The summed E-state index contributed by atoms with van der Waals surface area (Å²) in [7, 11) is 0. The third-order valence-electron chi connectivity index (χ3n) is 4.67. The number of rotatable bonds is 5. The number of aryl methyl sites for hydroxylation is 1. The van der Waals surface area contributed by atoms with Crippen LogP contribution in [0.3, 0.4) is 0 Å². The van der Waals surface area contributed by atoms with Crippen molar-refractivity contribution in [3.05, 3.63) is 92.4 Å². The normalized spacial score (nSPS) is 11.2. The number of thiophene rings is 1. The number of benzene rings is 2. The minimum absolute atomic E-state index is 0.131. The zero-order valence-electron chi connectivity index (χ0n) is 15.5. The average molecular weight is 475 g/mol. The minimum atomic E-state index is -0.632. The van der Waals surface area contributed by atoms with Gasteiger partial charge in [-0.3, -0.25) is 4.79 Å². The highest BCUT2D eigenvalue weighted by atomic mass is 79.9. The Balaban J connectivity index is 1.65. The first-order chi connectivity index (χ1) is 13.9. The van der Waals surface area contributed by atoms with Gasteiger partial charge < -0.3 is 9.88 Å². The van der Waals surface area contributed by atoms with E-state index in [-0.39, 0.29) is 12.5 Å². The Kier molecular flexibility index (Phi) is 5.52. The molecule has 4 rings (SSSR count). The molecule has 0 aliphatic heterocycles. The van der Waals surface area contributed by atoms with Gasteiger partial charge in [0, 0.05) is 18.2 Å². The molecule has 0 radical (unpaired) electrons. The first-order valence-corrected chi connectivity index (χ1v) is 10.6. The largest absolute Gasteiger partial charge is 0.347 e. The Hall–Kier alpha value is -2.51. The predicted molar refractivity (Wildman–Crippen MR) is 115 cm³/mol. The van der Waals surface area contributed by atoms with Crippen LogP contribution in [-0.4, -0.2) is 10.5 Å². The number of hydrogen-bond acceptors (Lipinski definition) is 2. The van der Waals surface area contributed by atoms with E-state index in [1.807, 2.05) is 37.3 Å². The average Bonchev–Trinajstić information content (AvgIpc) is 3.19. The lowest BCUT2D eigenvalue weighted by molar-refractivity contribution is 0.0942. The van der Waals surface area contributed by atoms with Gasteiger partial charge in [0.05, 0.1) is 20.5 Å². The van der Waals surface area contributed by atoms with Crippen LogP contribution >= 0.6 is 27.3 Å². The number of carbonyl (C=O) groups is 1. The molecule has 0 atom stereocenters. The summed E-state index contributed by atoms with van der Waals surface area (Å²) in [5.41, 5.74) is 3.71. The molecule has 1 N–H and O–H groups in total. The summed E-state index contributed by atoms with van der Waals surface area (Å²) < 4.78 is 31.1. The van der Waals surface area contributed by atoms with Crippen LogP contribution in [0.1, 0.15) is 27.2 Å². The SMILES string of the molecule is Cc1cccc(CNC(=O)c2cc3sc(Br)cc3n2Cc2ccc(F)cc2F)c1. The van der Waals surface area contributed by atoms with Crippen molar-refractivity contribution in [1.82, 2.24) is 9.88 Å². The van der Waals surface area contributed by atoms with Gasteiger partial charge in [-0.05, 0) is 46.6 Å². The van der Waals surface area contributed by atoms with Gasteiger partial charge in [0.1, 0.15) is 17.3 Å². The van der Waals surface area contributed by atoms with Crippen LogP contribution < -0.4 is 5.32 Å². The first kappa shape index (κ1) is 19.8. The Morgan fingerprint density at radius 1 is 1.14 bits per heavy atom. The maximum atomic E-state index is 14.2. The molecule has 0 aliphatic carbocycles. The Bertz CT molecular complexity index is 1210. The molecule has 3 nitrogen and oxygen atoms in total. The van der Waals surface area contributed by atoms with Crippen LogP contribution in [0.15, 0.2) is 58.4 Å². The highest BCUT2D eigenvalue weighted by molar-refractivity contribution is 9.11. The Morgan fingerprint density at radius 2 is 1.97 bits per heavy atom. The van der Waals surface area contributed by atoms with Gasteiger partial charge in [-0.15, -0.1) is 11.3 Å². The number of fused-ring (bicyclic) bond motifs is 1. The number of nitrogens with one attached hydrogen (secondary N) is 1. The van der Waals surface area contributed by atoms with Crippen LogP contribution in [0, 0.1) is 18.6 Å². The summed E-state index contributed by atoms with van der Waals surface area (Å²) in [6.07, 6.45) is 0. The predicted octanol–water partition coefficient (Wildman–Crippen LogP) is 6.03. The molecule has 1 amide bonds. The van der Waals surface area contributed by atoms with Gasteiger partial charge in [-0.2, -0.15) is 0 Å². The highest BCUT2D eigenvalue weighted by Gasteiger charge is 2.19. The van der Waals surface area contributed by atoms with E-state index in [2.05, 4.69) is 21.2 Å². The molecular weight excluding hydrogens is 458 g/mol. The molecular formula is C22H17BrF2N2OS. The van der Waals surface area contributed by atoms with Crippen molar-refractivity contribution in [3.8, 4) is 0 Å². The standard InChI is InChI=1S/C22H17BrF2N2OS/c1-13-3-2-4-14(7-13)11-26-22(28)19-9-20-18(10-21(23)29-20)27(19)12-15-5-6-16(24)8-17(15)25/h2-10H,11-12H2,1H3,(H,26,28). The van der Waals surface area contributed by atoms with Crippen molar-refractivity contribution >= 4 is 43.4 Å². The highest BCUT2D eigenvalue weighted by Crippen LogP contribution is 2.33. The number of amides is 1. The van der Waals surface area contributed by atoms with E-state index in [0.717, 1.165) is 31.2 Å². The fourth-order valence-electron chi connectivity index (χ4n) is 3.29. The monoisotopic (exact) mass is 474 g/mol. The summed E-state index contributed by atoms with van der Waals surface area (Å²) >= 11 is 4.96. The zero-order chi connectivity index (χ0) is 20.5. The van der Waals surface area contributed by atoms with E-state index in [1.165, 1.54) is 23.5 Å². The summed E-state index contributed by atoms with van der Waals surface area (Å²) in [4.78, 5) is 12.9. The third-order valence-corrected chi connectivity index (χ3v) is 6.25. The van der Waals surface area contributed by atoms with E-state index >= 15 is 0 Å². The smallest absolute Gasteiger partial charge is 0.268 e. The lowest BCUT2D eigenvalue weighted by atomic mass is 10.1.